The molecule has 0 bridgehead atoms. The quantitative estimate of drug-likeness (QED) is 0.0799. The third-order valence-electron chi connectivity index (χ3n) is 6.18. The molecule has 0 saturated carbocycles. The fraction of sp³-hybridized carbons (Fsp3) is 0.158. The molecule has 0 N–H and O–H groups in total. The van der Waals surface area contributed by atoms with Crippen molar-refractivity contribution in [1.82, 2.24) is 0 Å². The van der Waals surface area contributed by atoms with E-state index in [4.69, 9.17) is 23.7 Å². The van der Waals surface area contributed by atoms with Gasteiger partial charge in [-0.1, -0.05) is 39.0 Å². The lowest BCUT2D eigenvalue weighted by atomic mass is 9.97. The summed E-state index contributed by atoms with van der Waals surface area (Å²) in [6.45, 7) is 26.4. The van der Waals surface area contributed by atoms with Crippen LogP contribution in [0.3, 0.4) is 0 Å². The van der Waals surface area contributed by atoms with Crippen molar-refractivity contribution in [2.24, 2.45) is 0 Å². The van der Waals surface area contributed by atoms with E-state index < -0.39 is 23.9 Å². The van der Waals surface area contributed by atoms with Crippen LogP contribution in [-0.2, 0) is 19.2 Å². The molecule has 242 valence electrons. The molecule has 9 heteroatoms. The molecule has 3 aromatic carbocycles. The summed E-state index contributed by atoms with van der Waals surface area (Å²) < 4.78 is 28.1. The molecule has 9 nitrogen and oxygen atoms in total. The second-order valence-electron chi connectivity index (χ2n) is 11.0. The van der Waals surface area contributed by atoms with Gasteiger partial charge < -0.3 is 23.7 Å². The standard InChI is InChI=1S/C38H36O9/c1-21(2)20-43-32-17-26(29-15-12-27(44-35(39)22(3)4)18-33(29)46-37(41)24(7)8)11-14-30(32)31-16-13-28(45-36(40)23(5)6)19-34(31)47-38(42)25(9)10/h11-19H,1,3,5,7,9,20H2,2,4,6,8,10H3. The van der Waals surface area contributed by atoms with Gasteiger partial charge in [0, 0.05) is 51.1 Å². The van der Waals surface area contributed by atoms with Crippen molar-refractivity contribution in [3.8, 4) is 51.0 Å². The van der Waals surface area contributed by atoms with Gasteiger partial charge in [-0.05, 0) is 82.2 Å². The van der Waals surface area contributed by atoms with Crippen LogP contribution in [0.4, 0.5) is 0 Å². The first kappa shape index (κ1) is 35.5. The zero-order valence-corrected chi connectivity index (χ0v) is 27.1. The van der Waals surface area contributed by atoms with Gasteiger partial charge in [0.05, 0.1) is 0 Å². The summed E-state index contributed by atoms with van der Waals surface area (Å²) in [5.41, 5.74) is 3.43. The third-order valence-corrected chi connectivity index (χ3v) is 6.18. The van der Waals surface area contributed by atoms with E-state index in [1.54, 1.807) is 49.4 Å². The molecule has 47 heavy (non-hydrogen) atoms. The van der Waals surface area contributed by atoms with E-state index >= 15 is 0 Å². The monoisotopic (exact) mass is 636 g/mol. The van der Waals surface area contributed by atoms with Crippen LogP contribution in [0.15, 0.2) is 115 Å². The van der Waals surface area contributed by atoms with Gasteiger partial charge in [-0.2, -0.15) is 0 Å². The maximum Gasteiger partial charge on any atom is 0.338 e. The number of carbonyl (C=O) groups is 4. The minimum Gasteiger partial charge on any atom is -0.489 e. The summed E-state index contributed by atoms with van der Waals surface area (Å²) >= 11 is 0. The molecule has 0 atom stereocenters. The van der Waals surface area contributed by atoms with Crippen molar-refractivity contribution >= 4 is 23.9 Å². The summed E-state index contributed by atoms with van der Waals surface area (Å²) in [4.78, 5) is 49.5. The maximum absolute atomic E-state index is 12.6. The molecular formula is C38H36O9. The van der Waals surface area contributed by atoms with Gasteiger partial charge in [-0.25, -0.2) is 19.2 Å². The summed E-state index contributed by atoms with van der Waals surface area (Å²) in [7, 11) is 0. The number of esters is 4. The average molecular weight is 637 g/mol. The van der Waals surface area contributed by atoms with Crippen LogP contribution in [0.5, 0.6) is 28.7 Å². The van der Waals surface area contributed by atoms with E-state index in [1.807, 2.05) is 0 Å². The number of carbonyl (C=O) groups excluding carboxylic acids is 4. The fourth-order valence-electron chi connectivity index (χ4n) is 3.76. The smallest absolute Gasteiger partial charge is 0.338 e. The topological polar surface area (TPSA) is 114 Å². The Hall–Kier alpha value is -5.96. The molecule has 0 unspecified atom stereocenters. The molecule has 0 saturated heterocycles. The molecule has 0 amide bonds. The molecule has 0 fully saturated rings. The average Bonchev–Trinajstić information content (AvgIpc) is 3.00. The van der Waals surface area contributed by atoms with Crippen LogP contribution in [0.25, 0.3) is 22.3 Å². The van der Waals surface area contributed by atoms with Gasteiger partial charge in [0.1, 0.15) is 35.4 Å². The Morgan fingerprint density at radius 1 is 0.489 bits per heavy atom. The van der Waals surface area contributed by atoms with Crippen LogP contribution in [0, 0.1) is 0 Å². The van der Waals surface area contributed by atoms with E-state index in [2.05, 4.69) is 32.9 Å². The van der Waals surface area contributed by atoms with Crippen molar-refractivity contribution in [1.29, 1.82) is 0 Å². The van der Waals surface area contributed by atoms with Crippen molar-refractivity contribution < 1.29 is 42.9 Å². The van der Waals surface area contributed by atoms with Crippen molar-refractivity contribution in [3.05, 3.63) is 115 Å². The second kappa shape index (κ2) is 15.4. The SMILES string of the molecule is C=C(C)COc1cc(-c2ccc(OC(=O)C(=C)C)cc2OC(=O)C(=C)C)ccc1-c1ccc(OC(=O)C(=C)C)cc1OC(=O)C(=C)C. The molecule has 0 heterocycles. The lowest BCUT2D eigenvalue weighted by Gasteiger charge is -2.18. The zero-order valence-electron chi connectivity index (χ0n) is 27.1. The second-order valence-corrected chi connectivity index (χ2v) is 11.0. The van der Waals surface area contributed by atoms with Crippen LogP contribution in [-0.4, -0.2) is 30.5 Å². The number of ether oxygens (including phenoxy) is 5. The van der Waals surface area contributed by atoms with Crippen LogP contribution in [0.2, 0.25) is 0 Å². The van der Waals surface area contributed by atoms with Crippen LogP contribution < -0.4 is 23.7 Å². The Labute approximate surface area is 274 Å². The molecule has 0 aliphatic rings. The van der Waals surface area contributed by atoms with Crippen molar-refractivity contribution in [2.45, 2.75) is 34.6 Å². The van der Waals surface area contributed by atoms with E-state index in [1.165, 1.54) is 39.8 Å². The molecule has 0 aromatic heterocycles. The normalized spacial score (nSPS) is 10.2. The lowest BCUT2D eigenvalue weighted by molar-refractivity contribution is -0.131. The predicted octanol–water partition coefficient (Wildman–Crippen LogP) is 7.90. The highest BCUT2D eigenvalue weighted by Gasteiger charge is 2.21. The highest BCUT2D eigenvalue weighted by Crippen LogP contribution is 2.43. The maximum atomic E-state index is 12.6. The van der Waals surface area contributed by atoms with Crippen molar-refractivity contribution in [3.63, 3.8) is 0 Å². The highest BCUT2D eigenvalue weighted by molar-refractivity contribution is 5.93. The van der Waals surface area contributed by atoms with E-state index in [9.17, 15) is 19.2 Å². The largest absolute Gasteiger partial charge is 0.489 e. The van der Waals surface area contributed by atoms with Gasteiger partial charge in [0.2, 0.25) is 0 Å². The molecule has 0 aliphatic heterocycles. The van der Waals surface area contributed by atoms with Crippen LogP contribution in [0.1, 0.15) is 34.6 Å². The first-order chi connectivity index (χ1) is 22.1. The summed E-state index contributed by atoms with van der Waals surface area (Å²) in [5.74, 6) is -1.84. The lowest BCUT2D eigenvalue weighted by Crippen LogP contribution is -2.11. The summed E-state index contributed by atoms with van der Waals surface area (Å²) in [6, 6.07) is 14.4. The highest BCUT2D eigenvalue weighted by atomic mass is 16.6. The van der Waals surface area contributed by atoms with Gasteiger partial charge in [-0.15, -0.1) is 0 Å². The van der Waals surface area contributed by atoms with Crippen molar-refractivity contribution in [2.75, 3.05) is 6.61 Å². The van der Waals surface area contributed by atoms with Gasteiger partial charge in [0.25, 0.3) is 0 Å². The molecule has 3 rings (SSSR count). The Balaban J connectivity index is 2.22. The molecular weight excluding hydrogens is 600 g/mol. The Kier molecular flexibility index (Phi) is 11.6. The Morgan fingerprint density at radius 2 is 0.872 bits per heavy atom. The molecule has 0 radical (unpaired) electrons. The number of hydrogen-bond acceptors (Lipinski definition) is 9. The Bertz CT molecular complexity index is 1840. The predicted molar refractivity (Wildman–Crippen MR) is 179 cm³/mol. The molecule has 0 spiro atoms. The number of rotatable bonds is 13. The third kappa shape index (κ3) is 9.51. The number of hydrogen-bond donors (Lipinski definition) is 0. The summed E-state index contributed by atoms with van der Waals surface area (Å²) in [5, 5.41) is 0. The molecule has 0 aliphatic carbocycles. The minimum atomic E-state index is -0.688. The van der Waals surface area contributed by atoms with Gasteiger partial charge in [-0.3, -0.25) is 0 Å². The Morgan fingerprint density at radius 3 is 1.32 bits per heavy atom. The zero-order chi connectivity index (χ0) is 35.0. The first-order valence-corrected chi connectivity index (χ1v) is 14.3. The molecule has 3 aromatic rings. The van der Waals surface area contributed by atoms with Gasteiger partial charge >= 0.3 is 23.9 Å². The van der Waals surface area contributed by atoms with E-state index in [0.29, 0.717) is 28.0 Å². The summed E-state index contributed by atoms with van der Waals surface area (Å²) in [6.07, 6.45) is 0. The number of benzene rings is 3. The first-order valence-electron chi connectivity index (χ1n) is 14.3. The minimum absolute atomic E-state index is 0.0812. The van der Waals surface area contributed by atoms with E-state index in [-0.39, 0.29) is 51.9 Å². The van der Waals surface area contributed by atoms with Gasteiger partial charge in [0.15, 0.2) is 0 Å². The van der Waals surface area contributed by atoms with E-state index in [0.717, 1.165) is 5.57 Å². The van der Waals surface area contributed by atoms with Crippen LogP contribution >= 0.6 is 0 Å². The fourth-order valence-corrected chi connectivity index (χ4v) is 3.76.